The first-order chi connectivity index (χ1) is 11.2. The lowest BCUT2D eigenvalue weighted by Crippen LogP contribution is -2.13. The Morgan fingerprint density at radius 2 is 2.17 bits per heavy atom. The van der Waals surface area contributed by atoms with E-state index >= 15 is 0 Å². The molecule has 6 nitrogen and oxygen atoms in total. The summed E-state index contributed by atoms with van der Waals surface area (Å²) < 4.78 is 15.8. The van der Waals surface area contributed by atoms with Crippen molar-refractivity contribution in [2.24, 2.45) is 5.73 Å². The molecular formula is C16H20N2O4S. The average Bonchev–Trinajstić information content (AvgIpc) is 3.05. The molecule has 0 unspecified atom stereocenters. The summed E-state index contributed by atoms with van der Waals surface area (Å²) in [4.78, 5) is 16.8. The fourth-order valence-corrected chi connectivity index (χ4v) is 2.72. The highest BCUT2D eigenvalue weighted by atomic mass is 32.1. The van der Waals surface area contributed by atoms with Crippen molar-refractivity contribution in [2.45, 2.75) is 6.92 Å². The summed E-state index contributed by atoms with van der Waals surface area (Å²) in [5.41, 5.74) is 6.84. The number of carbonyl (C=O) groups excluding carboxylic acids is 1. The van der Waals surface area contributed by atoms with Gasteiger partial charge in [-0.05, 0) is 24.6 Å². The van der Waals surface area contributed by atoms with Crippen LogP contribution in [0.1, 0.15) is 17.3 Å². The first-order valence-electron chi connectivity index (χ1n) is 7.37. The van der Waals surface area contributed by atoms with E-state index in [9.17, 15) is 4.79 Å². The maximum atomic E-state index is 11.7. The Hall–Kier alpha value is -1.96. The third kappa shape index (κ3) is 5.31. The first-order valence-corrected chi connectivity index (χ1v) is 8.25. The lowest BCUT2D eigenvalue weighted by Gasteiger charge is -2.06. The molecule has 2 heterocycles. The van der Waals surface area contributed by atoms with Gasteiger partial charge in [0.2, 0.25) is 5.88 Å². The molecule has 0 bridgehead atoms. The zero-order chi connectivity index (χ0) is 16.5. The second kappa shape index (κ2) is 9.24. The van der Waals surface area contributed by atoms with E-state index in [2.05, 4.69) is 4.98 Å². The third-order valence-corrected chi connectivity index (χ3v) is 3.85. The Bertz CT molecular complexity index is 630. The van der Waals surface area contributed by atoms with Gasteiger partial charge in [-0.2, -0.15) is 0 Å². The van der Waals surface area contributed by atoms with Crippen LogP contribution in [0.5, 0.6) is 5.88 Å². The van der Waals surface area contributed by atoms with Crippen LogP contribution in [0.4, 0.5) is 0 Å². The molecule has 124 valence electrons. The predicted molar refractivity (Wildman–Crippen MR) is 88.9 cm³/mol. The van der Waals surface area contributed by atoms with E-state index in [1.165, 1.54) is 11.3 Å². The van der Waals surface area contributed by atoms with E-state index in [4.69, 9.17) is 19.9 Å². The molecule has 0 amide bonds. The zero-order valence-electron chi connectivity index (χ0n) is 13.0. The van der Waals surface area contributed by atoms with E-state index in [0.717, 1.165) is 10.4 Å². The van der Waals surface area contributed by atoms with Crippen LogP contribution >= 0.6 is 11.3 Å². The van der Waals surface area contributed by atoms with Crippen LogP contribution < -0.4 is 10.5 Å². The molecule has 0 spiro atoms. The molecule has 0 fully saturated rings. The number of pyridine rings is 1. The van der Waals surface area contributed by atoms with Crippen LogP contribution in [0, 0.1) is 0 Å². The lowest BCUT2D eigenvalue weighted by molar-refractivity contribution is 0.0527. The Morgan fingerprint density at radius 3 is 2.96 bits per heavy atom. The summed E-state index contributed by atoms with van der Waals surface area (Å²) >= 11 is 1.48. The van der Waals surface area contributed by atoms with Gasteiger partial charge in [0, 0.05) is 29.1 Å². The number of carbonyl (C=O) groups is 1. The number of ether oxygens (including phenoxy) is 3. The fourth-order valence-electron chi connectivity index (χ4n) is 1.84. The Labute approximate surface area is 139 Å². The highest BCUT2D eigenvalue weighted by molar-refractivity contribution is 7.13. The molecule has 23 heavy (non-hydrogen) atoms. The largest absolute Gasteiger partial charge is 0.475 e. The van der Waals surface area contributed by atoms with Gasteiger partial charge in [-0.25, -0.2) is 9.78 Å². The van der Waals surface area contributed by atoms with Crippen molar-refractivity contribution in [3.05, 3.63) is 35.3 Å². The number of esters is 1. The number of hydrogen-bond donors (Lipinski definition) is 1. The summed E-state index contributed by atoms with van der Waals surface area (Å²) in [6.45, 7) is 4.04. The van der Waals surface area contributed by atoms with Crippen LogP contribution in [-0.4, -0.2) is 43.9 Å². The molecule has 0 saturated heterocycles. The van der Waals surface area contributed by atoms with Crippen molar-refractivity contribution in [2.75, 3.05) is 33.0 Å². The first kappa shape index (κ1) is 17.4. The Morgan fingerprint density at radius 1 is 1.30 bits per heavy atom. The Balaban J connectivity index is 1.98. The second-order valence-electron chi connectivity index (χ2n) is 4.55. The molecule has 0 atom stereocenters. The number of nitrogens with two attached hydrogens (primary N) is 1. The molecule has 2 aromatic rings. The van der Waals surface area contributed by atoms with Gasteiger partial charge >= 0.3 is 5.97 Å². The zero-order valence-corrected chi connectivity index (χ0v) is 13.8. The van der Waals surface area contributed by atoms with Crippen molar-refractivity contribution in [1.82, 2.24) is 4.98 Å². The molecule has 0 saturated carbocycles. The smallest absolute Gasteiger partial charge is 0.338 e. The maximum absolute atomic E-state index is 11.7. The van der Waals surface area contributed by atoms with Crippen molar-refractivity contribution in [1.29, 1.82) is 0 Å². The van der Waals surface area contributed by atoms with Crippen molar-refractivity contribution in [3.8, 4) is 16.3 Å². The van der Waals surface area contributed by atoms with Crippen molar-refractivity contribution < 1.29 is 19.0 Å². The van der Waals surface area contributed by atoms with Crippen LogP contribution in [0.3, 0.4) is 0 Å². The molecular weight excluding hydrogens is 316 g/mol. The number of nitrogens with zero attached hydrogens (tertiary/aromatic N) is 1. The van der Waals surface area contributed by atoms with E-state index in [0.29, 0.717) is 44.4 Å². The third-order valence-electron chi connectivity index (χ3n) is 2.87. The topological polar surface area (TPSA) is 83.7 Å². The highest BCUT2D eigenvalue weighted by Crippen LogP contribution is 2.29. The van der Waals surface area contributed by atoms with Crippen molar-refractivity contribution >= 4 is 17.3 Å². The van der Waals surface area contributed by atoms with Crippen molar-refractivity contribution in [3.63, 3.8) is 0 Å². The van der Waals surface area contributed by atoms with E-state index in [1.54, 1.807) is 18.5 Å². The maximum Gasteiger partial charge on any atom is 0.338 e. The molecule has 0 aliphatic carbocycles. The number of hydrogen-bond acceptors (Lipinski definition) is 7. The van der Waals surface area contributed by atoms with Gasteiger partial charge in [0.05, 0.1) is 25.4 Å². The minimum absolute atomic E-state index is 0.308. The fraction of sp³-hybridized carbons (Fsp3) is 0.375. The van der Waals surface area contributed by atoms with Gasteiger partial charge < -0.3 is 19.9 Å². The molecule has 0 aromatic carbocycles. The van der Waals surface area contributed by atoms with E-state index < -0.39 is 0 Å². The van der Waals surface area contributed by atoms with Gasteiger partial charge in [0.15, 0.2) is 0 Å². The van der Waals surface area contributed by atoms with Crippen LogP contribution in [0.25, 0.3) is 10.4 Å². The van der Waals surface area contributed by atoms with E-state index in [-0.39, 0.29) is 5.97 Å². The lowest BCUT2D eigenvalue weighted by atomic mass is 10.2. The van der Waals surface area contributed by atoms with Gasteiger partial charge in [-0.1, -0.05) is 0 Å². The number of rotatable bonds is 9. The highest BCUT2D eigenvalue weighted by Gasteiger charge is 2.11. The summed E-state index contributed by atoms with van der Waals surface area (Å²) in [7, 11) is 0. The molecule has 7 heteroatoms. The molecule has 2 N–H and O–H groups in total. The summed E-state index contributed by atoms with van der Waals surface area (Å²) in [6.07, 6.45) is 1.68. The number of aromatic nitrogens is 1. The molecule has 2 rings (SSSR count). The molecule has 0 aliphatic heterocycles. The monoisotopic (exact) mass is 336 g/mol. The Kier molecular flexibility index (Phi) is 6.99. The van der Waals surface area contributed by atoms with Gasteiger partial charge in [-0.3, -0.25) is 0 Å². The summed E-state index contributed by atoms with van der Waals surface area (Å²) in [5.74, 6) is 0.211. The minimum atomic E-state index is -0.308. The minimum Gasteiger partial charge on any atom is -0.475 e. The van der Waals surface area contributed by atoms with Crippen LogP contribution in [-0.2, 0) is 9.47 Å². The van der Waals surface area contributed by atoms with Crippen LogP contribution in [0.15, 0.2) is 29.8 Å². The van der Waals surface area contributed by atoms with Crippen LogP contribution in [0.2, 0.25) is 0 Å². The van der Waals surface area contributed by atoms with E-state index in [1.807, 2.05) is 18.2 Å². The number of thiophene rings is 1. The molecule has 2 aromatic heterocycles. The predicted octanol–water partition coefficient (Wildman–Crippen LogP) is 2.34. The summed E-state index contributed by atoms with van der Waals surface area (Å²) in [6, 6.07) is 5.52. The summed E-state index contributed by atoms with van der Waals surface area (Å²) in [5, 5.41) is 1.79. The average molecular weight is 336 g/mol. The second-order valence-corrected chi connectivity index (χ2v) is 5.46. The van der Waals surface area contributed by atoms with Gasteiger partial charge in [0.25, 0.3) is 0 Å². The molecule has 0 radical (unpaired) electrons. The van der Waals surface area contributed by atoms with Gasteiger partial charge in [-0.15, -0.1) is 11.3 Å². The quantitative estimate of drug-likeness (QED) is 0.559. The normalized spacial score (nSPS) is 10.5. The standard InChI is InChI=1S/C16H20N2O4S/c1-2-21-16(19)13-9-14(23-11-13)12-3-5-18-15(10-12)22-8-7-20-6-4-17/h3,5,9-11H,2,4,6-8,17H2,1H3. The van der Waals surface area contributed by atoms with Gasteiger partial charge in [0.1, 0.15) is 6.61 Å². The SMILES string of the molecule is CCOC(=O)c1csc(-c2ccnc(OCCOCCN)c2)c1. The molecule has 0 aliphatic rings.